The fourth-order valence-corrected chi connectivity index (χ4v) is 9.22. The highest BCUT2D eigenvalue weighted by Gasteiger charge is 2.39. The average Bonchev–Trinajstić information content (AvgIpc) is 3.12. The summed E-state index contributed by atoms with van der Waals surface area (Å²) in [7, 11) is -0.147. The third-order valence-electron chi connectivity index (χ3n) is 9.66. The van der Waals surface area contributed by atoms with Crippen LogP contribution in [0, 0.1) is 0 Å². The number of hydrogen-bond donors (Lipinski definition) is 1. The second-order valence-corrected chi connectivity index (χ2v) is 15.1. The summed E-state index contributed by atoms with van der Waals surface area (Å²) < 4.78 is 31.3. The molecular weight excluding hydrogens is 645 g/mol. The number of piperidine rings is 1. The molecule has 0 bridgehead atoms. The Bertz CT molecular complexity index is 1930. The maximum atomic E-state index is 14.9. The second kappa shape index (κ2) is 15.8. The first-order chi connectivity index (χ1) is 24.2. The highest BCUT2D eigenvalue weighted by atomic mass is 32.2. The fraction of sp³-hybridized carbons (Fsp3) is 0.293. The molecule has 8 nitrogen and oxygen atoms in total. The molecule has 0 aliphatic carbocycles. The summed E-state index contributed by atoms with van der Waals surface area (Å²) in [6.45, 7) is 2.61. The molecule has 0 aromatic heterocycles. The van der Waals surface area contributed by atoms with Crippen LogP contribution in [-0.2, 0) is 23.1 Å². The van der Waals surface area contributed by atoms with Gasteiger partial charge in [0.2, 0.25) is 0 Å². The van der Waals surface area contributed by atoms with Gasteiger partial charge in [0.25, 0.3) is 10.0 Å². The highest BCUT2D eigenvalue weighted by molar-refractivity contribution is 7.93. The van der Waals surface area contributed by atoms with E-state index in [1.54, 1.807) is 16.4 Å². The number of amides is 1. The number of anilines is 2. The lowest BCUT2D eigenvalue weighted by molar-refractivity contribution is 0.0957. The van der Waals surface area contributed by atoms with Crippen molar-refractivity contribution in [2.24, 2.45) is 0 Å². The van der Waals surface area contributed by atoms with Crippen LogP contribution in [-0.4, -0.2) is 68.7 Å². The molecule has 1 saturated heterocycles. The van der Waals surface area contributed by atoms with Gasteiger partial charge in [0.1, 0.15) is 0 Å². The van der Waals surface area contributed by atoms with E-state index >= 15 is 0 Å². The Morgan fingerprint density at radius 2 is 1.34 bits per heavy atom. The van der Waals surface area contributed by atoms with Crippen LogP contribution in [0.1, 0.15) is 36.8 Å². The van der Waals surface area contributed by atoms with Crippen molar-refractivity contribution in [1.29, 1.82) is 0 Å². The number of nitrogens with zero attached hydrogens (tertiary/aromatic N) is 4. The molecule has 50 heavy (non-hydrogen) atoms. The lowest BCUT2D eigenvalue weighted by Gasteiger charge is -2.43. The Morgan fingerprint density at radius 1 is 0.760 bits per heavy atom. The zero-order valence-electron chi connectivity index (χ0n) is 28.8. The molecule has 5 aromatic rings. The number of carbonyl (C=O) groups is 1. The van der Waals surface area contributed by atoms with Crippen molar-refractivity contribution in [3.8, 4) is 0 Å². The van der Waals surface area contributed by atoms with Crippen molar-refractivity contribution in [3.63, 3.8) is 0 Å². The number of likely N-dealkylation sites (tertiary alicyclic amines) is 1. The van der Waals surface area contributed by atoms with Gasteiger partial charge in [-0.1, -0.05) is 103 Å². The van der Waals surface area contributed by atoms with Crippen LogP contribution in [0.3, 0.4) is 0 Å². The van der Waals surface area contributed by atoms with Gasteiger partial charge in [-0.3, -0.25) is 9.21 Å². The molecular formula is C41H46N4O4S. The highest BCUT2D eigenvalue weighted by Crippen LogP contribution is 2.37. The third-order valence-corrected chi connectivity index (χ3v) is 11.6. The van der Waals surface area contributed by atoms with Crippen molar-refractivity contribution in [1.82, 2.24) is 9.80 Å². The largest absolute Gasteiger partial charge is 0.465 e. The zero-order chi connectivity index (χ0) is 35.1. The molecule has 2 atom stereocenters. The Labute approximate surface area is 296 Å². The Kier molecular flexibility index (Phi) is 11.0. The molecule has 5 aromatic carbocycles. The minimum absolute atomic E-state index is 0.247. The molecule has 1 heterocycles. The topological polar surface area (TPSA) is 84.4 Å². The van der Waals surface area contributed by atoms with E-state index in [0.717, 1.165) is 37.1 Å². The van der Waals surface area contributed by atoms with Gasteiger partial charge < -0.3 is 14.9 Å². The van der Waals surface area contributed by atoms with Crippen LogP contribution in [0.5, 0.6) is 0 Å². The van der Waals surface area contributed by atoms with Gasteiger partial charge in [0, 0.05) is 62.3 Å². The molecule has 0 spiro atoms. The quantitative estimate of drug-likeness (QED) is 0.135. The van der Waals surface area contributed by atoms with E-state index in [2.05, 4.69) is 53.4 Å². The van der Waals surface area contributed by atoms with Crippen molar-refractivity contribution in [2.45, 2.75) is 55.8 Å². The maximum Gasteiger partial charge on any atom is 0.407 e. The van der Waals surface area contributed by atoms with Crippen molar-refractivity contribution >= 4 is 38.3 Å². The van der Waals surface area contributed by atoms with Gasteiger partial charge in [-0.25, -0.2) is 13.2 Å². The molecule has 6 rings (SSSR count). The molecule has 9 heteroatoms. The summed E-state index contributed by atoms with van der Waals surface area (Å²) in [5.41, 5.74) is 3.97. The molecule has 0 radical (unpaired) electrons. The van der Waals surface area contributed by atoms with E-state index in [4.69, 9.17) is 0 Å². The third kappa shape index (κ3) is 7.95. The smallest absolute Gasteiger partial charge is 0.407 e. The standard InChI is InChI=1S/C41H46N4O4S/c1-42(2)39-24-12-23-38-37(39)22-13-25-40(38)50(48,49)45(34-19-10-5-11-20-34)36-26-28-44(41(46)47)35(29-36)21-14-27-43(30-32-15-6-3-7-16-32)31-33-17-8-4-9-18-33/h3-13,15-20,22-25,35-36H,14,21,26-31H2,1-2H3,(H,46,47)/t35-,36-/m0/s1. The molecule has 1 fully saturated rings. The molecule has 0 unspecified atom stereocenters. The maximum absolute atomic E-state index is 14.9. The van der Waals surface area contributed by atoms with E-state index in [1.807, 2.05) is 85.7 Å². The first-order valence-electron chi connectivity index (χ1n) is 17.3. The molecule has 0 saturated carbocycles. The zero-order valence-corrected chi connectivity index (χ0v) is 29.6. The summed E-state index contributed by atoms with van der Waals surface area (Å²) in [4.78, 5) is 18.7. The van der Waals surface area contributed by atoms with E-state index in [-0.39, 0.29) is 17.5 Å². The lowest BCUT2D eigenvalue weighted by atomic mass is 9.93. The number of sulfonamides is 1. The van der Waals surface area contributed by atoms with Crippen molar-refractivity contribution in [2.75, 3.05) is 36.4 Å². The van der Waals surface area contributed by atoms with Crippen LogP contribution in [0.4, 0.5) is 16.2 Å². The van der Waals surface area contributed by atoms with E-state index in [1.165, 1.54) is 16.0 Å². The number of fused-ring (bicyclic) bond motifs is 1. The second-order valence-electron chi connectivity index (χ2n) is 13.3. The fourth-order valence-electron chi connectivity index (χ4n) is 7.32. The number of para-hydroxylation sites is 1. The Hall–Kier alpha value is -4.86. The Morgan fingerprint density at radius 3 is 1.94 bits per heavy atom. The van der Waals surface area contributed by atoms with Crippen LogP contribution in [0.15, 0.2) is 132 Å². The van der Waals surface area contributed by atoms with Gasteiger partial charge in [-0.05, 0) is 67.6 Å². The van der Waals surface area contributed by atoms with Gasteiger partial charge in [-0.2, -0.15) is 0 Å². The monoisotopic (exact) mass is 690 g/mol. The first-order valence-corrected chi connectivity index (χ1v) is 18.7. The summed E-state index contributed by atoms with van der Waals surface area (Å²) in [6, 6.07) is 40.5. The minimum Gasteiger partial charge on any atom is -0.465 e. The van der Waals surface area contributed by atoms with E-state index < -0.39 is 22.2 Å². The molecule has 1 aliphatic rings. The van der Waals surface area contributed by atoms with Gasteiger partial charge >= 0.3 is 6.09 Å². The number of rotatable bonds is 13. The average molecular weight is 691 g/mol. The van der Waals surface area contributed by atoms with Crippen LogP contribution < -0.4 is 9.21 Å². The van der Waals surface area contributed by atoms with Crippen molar-refractivity contribution < 1.29 is 18.3 Å². The normalized spacial score (nSPS) is 16.4. The minimum atomic E-state index is -4.05. The number of hydrogen-bond acceptors (Lipinski definition) is 5. The molecule has 1 amide bonds. The summed E-state index contributed by atoms with van der Waals surface area (Å²) >= 11 is 0. The van der Waals surface area contributed by atoms with E-state index in [0.29, 0.717) is 30.3 Å². The lowest BCUT2D eigenvalue weighted by Crippen LogP contribution is -2.53. The van der Waals surface area contributed by atoms with Crippen molar-refractivity contribution in [3.05, 3.63) is 139 Å². The molecule has 1 N–H and O–H groups in total. The number of carboxylic acid groups (broad SMARTS) is 1. The van der Waals surface area contributed by atoms with Crippen LogP contribution in [0.25, 0.3) is 10.8 Å². The predicted octanol–water partition coefficient (Wildman–Crippen LogP) is 8.09. The number of benzene rings is 5. The van der Waals surface area contributed by atoms with Crippen LogP contribution >= 0.6 is 0 Å². The summed E-state index contributed by atoms with van der Waals surface area (Å²) in [6.07, 6.45) is 1.25. The summed E-state index contributed by atoms with van der Waals surface area (Å²) in [5.74, 6) is 0. The SMILES string of the molecule is CN(C)c1cccc2c(S(=O)(=O)N(c3ccccc3)[C@H]3CCN(C(=O)O)[C@@H](CCCN(Cc4ccccc4)Cc4ccccc4)C3)cccc12. The van der Waals surface area contributed by atoms with Gasteiger partial charge in [0.15, 0.2) is 0 Å². The molecule has 1 aliphatic heterocycles. The predicted molar refractivity (Wildman–Crippen MR) is 202 cm³/mol. The van der Waals surface area contributed by atoms with Gasteiger partial charge in [0.05, 0.1) is 10.6 Å². The molecule has 260 valence electrons. The first kappa shape index (κ1) is 35.0. The Balaban J connectivity index is 1.27. The van der Waals surface area contributed by atoms with Gasteiger partial charge in [-0.15, -0.1) is 0 Å². The summed E-state index contributed by atoms with van der Waals surface area (Å²) in [5, 5.41) is 11.8. The van der Waals surface area contributed by atoms with Crippen LogP contribution in [0.2, 0.25) is 0 Å². The van der Waals surface area contributed by atoms with E-state index in [9.17, 15) is 18.3 Å².